The molecule has 0 unspecified atom stereocenters. The van der Waals surface area contributed by atoms with E-state index in [2.05, 4.69) is 4.98 Å². The Hall–Kier alpha value is -3.13. The van der Waals surface area contributed by atoms with Gasteiger partial charge >= 0.3 is 5.69 Å². The first-order chi connectivity index (χ1) is 13.6. The molecule has 8 nitrogen and oxygen atoms in total. The van der Waals surface area contributed by atoms with Gasteiger partial charge in [0.15, 0.2) is 16.9 Å². The smallest absolute Gasteiger partial charge is 0.298 e. The molecule has 0 aliphatic rings. The maximum atomic E-state index is 13.2. The van der Waals surface area contributed by atoms with Crippen LogP contribution in [0.3, 0.4) is 0 Å². The summed E-state index contributed by atoms with van der Waals surface area (Å²) in [6.07, 6.45) is 1.79. The molecule has 0 fully saturated rings. The lowest BCUT2D eigenvalue weighted by atomic mass is 10.2. The number of rotatable bonds is 3. The molecule has 9 heteroatoms. The van der Waals surface area contributed by atoms with Gasteiger partial charge in [0, 0.05) is 24.0 Å². The number of hydrogen-bond acceptors (Lipinski definition) is 4. The average molecular weight is 414 g/mol. The minimum atomic E-state index is -0.866. The molecule has 4 aromatic rings. The third kappa shape index (κ3) is 2.66. The fourth-order valence-electron chi connectivity index (χ4n) is 3.62. The molecule has 0 N–H and O–H groups in total. The van der Waals surface area contributed by atoms with Gasteiger partial charge in [0.2, 0.25) is 5.78 Å². The van der Waals surface area contributed by atoms with E-state index in [0.29, 0.717) is 10.8 Å². The molecule has 0 radical (unpaired) electrons. The van der Waals surface area contributed by atoms with Crippen LogP contribution in [0.1, 0.15) is 31.1 Å². The molecule has 3 aromatic heterocycles. The zero-order valence-corrected chi connectivity index (χ0v) is 17.5. The lowest BCUT2D eigenvalue weighted by Gasteiger charge is -2.12. The zero-order valence-electron chi connectivity index (χ0n) is 16.7. The van der Waals surface area contributed by atoms with E-state index in [4.69, 9.17) is 11.6 Å². The number of imidazole rings is 2. The summed E-state index contributed by atoms with van der Waals surface area (Å²) in [5, 5.41) is 0.581. The quantitative estimate of drug-likeness (QED) is 0.516. The molecule has 0 saturated heterocycles. The van der Waals surface area contributed by atoms with E-state index in [-0.39, 0.29) is 16.9 Å². The Kier molecular flexibility index (Phi) is 4.27. The number of Topliss-reactive ketones (excluding diaryl/α,β-unsaturated/α-hetero) is 1. The summed E-state index contributed by atoms with van der Waals surface area (Å²) < 4.78 is 5.84. The van der Waals surface area contributed by atoms with Crippen LogP contribution >= 0.6 is 11.6 Å². The fourth-order valence-corrected chi connectivity index (χ4v) is 3.79. The molecule has 0 bridgehead atoms. The average Bonchev–Trinajstić information content (AvgIpc) is 3.16. The van der Waals surface area contributed by atoms with E-state index < -0.39 is 17.3 Å². The van der Waals surface area contributed by atoms with Crippen LogP contribution in [0.4, 0.5) is 0 Å². The Bertz CT molecular complexity index is 1440. The van der Waals surface area contributed by atoms with Crippen molar-refractivity contribution < 1.29 is 4.79 Å². The second kappa shape index (κ2) is 6.45. The summed E-state index contributed by atoms with van der Waals surface area (Å²) in [5.41, 5.74) is 2.06. The maximum Gasteiger partial charge on any atom is 0.333 e. The second-order valence-corrected chi connectivity index (χ2v) is 7.73. The molecule has 150 valence electrons. The van der Waals surface area contributed by atoms with Crippen molar-refractivity contribution in [3.8, 4) is 5.69 Å². The van der Waals surface area contributed by atoms with Crippen LogP contribution in [0, 0.1) is 13.8 Å². The monoisotopic (exact) mass is 413 g/mol. The summed E-state index contributed by atoms with van der Waals surface area (Å²) in [4.78, 5) is 42.4. The van der Waals surface area contributed by atoms with Crippen LogP contribution in [0.15, 0.2) is 34.0 Å². The standard InChI is InChI=1S/C20H20ClN5O3/c1-10-6-7-14(21)8-15(10)25-11(2)9-24-16-17(22-19(24)25)23(5)20(29)26(18(16)28)12(3)13(4)27/h6-9,12H,1-5H3/t12-/m1/s1. The minimum absolute atomic E-state index is 0.247. The van der Waals surface area contributed by atoms with Crippen LogP contribution in [0.5, 0.6) is 0 Å². The molecule has 0 aliphatic heterocycles. The Morgan fingerprint density at radius 3 is 2.55 bits per heavy atom. The molecule has 0 spiro atoms. The van der Waals surface area contributed by atoms with Gasteiger partial charge in [-0.3, -0.25) is 23.1 Å². The minimum Gasteiger partial charge on any atom is -0.298 e. The summed E-state index contributed by atoms with van der Waals surface area (Å²) >= 11 is 6.20. The molecule has 1 aromatic carbocycles. The number of nitrogens with zero attached hydrogens (tertiary/aromatic N) is 5. The lowest BCUT2D eigenvalue weighted by Crippen LogP contribution is -2.42. The first-order valence-electron chi connectivity index (χ1n) is 9.12. The third-order valence-corrected chi connectivity index (χ3v) is 5.60. The molecule has 1 atom stereocenters. The topological polar surface area (TPSA) is 83.3 Å². The predicted molar refractivity (Wildman–Crippen MR) is 111 cm³/mol. The van der Waals surface area contributed by atoms with Crippen LogP contribution in [0.25, 0.3) is 22.6 Å². The summed E-state index contributed by atoms with van der Waals surface area (Å²) in [7, 11) is 1.54. The highest BCUT2D eigenvalue weighted by atomic mass is 35.5. The normalized spacial score (nSPS) is 12.8. The van der Waals surface area contributed by atoms with Crippen molar-refractivity contribution in [2.45, 2.75) is 33.7 Å². The lowest BCUT2D eigenvalue weighted by molar-refractivity contribution is -0.119. The molecule has 0 saturated carbocycles. The first-order valence-corrected chi connectivity index (χ1v) is 9.50. The number of carbonyl (C=O) groups is 1. The van der Waals surface area contributed by atoms with Crippen molar-refractivity contribution in [3.05, 3.63) is 61.5 Å². The van der Waals surface area contributed by atoms with Crippen molar-refractivity contribution in [2.24, 2.45) is 7.05 Å². The van der Waals surface area contributed by atoms with Crippen molar-refractivity contribution in [1.82, 2.24) is 23.1 Å². The van der Waals surface area contributed by atoms with Crippen molar-refractivity contribution >= 4 is 34.3 Å². The van der Waals surface area contributed by atoms with E-state index >= 15 is 0 Å². The molecule has 0 aliphatic carbocycles. The van der Waals surface area contributed by atoms with Crippen molar-refractivity contribution in [3.63, 3.8) is 0 Å². The van der Waals surface area contributed by atoms with Crippen LogP contribution in [-0.4, -0.2) is 28.9 Å². The van der Waals surface area contributed by atoms with Gasteiger partial charge in [-0.15, -0.1) is 0 Å². The van der Waals surface area contributed by atoms with Crippen LogP contribution < -0.4 is 11.2 Å². The fraction of sp³-hybridized carbons (Fsp3) is 0.300. The molecular weight excluding hydrogens is 394 g/mol. The SMILES string of the molecule is CC(=O)[C@@H](C)n1c(=O)c2c(nc3n(-c4cc(Cl)ccc4C)c(C)cn23)n(C)c1=O. The van der Waals surface area contributed by atoms with E-state index in [1.807, 2.05) is 36.6 Å². The number of halogens is 1. The van der Waals surface area contributed by atoms with Gasteiger partial charge in [0.25, 0.3) is 5.56 Å². The highest BCUT2D eigenvalue weighted by molar-refractivity contribution is 6.30. The maximum absolute atomic E-state index is 13.2. The second-order valence-electron chi connectivity index (χ2n) is 7.29. The van der Waals surface area contributed by atoms with Crippen LogP contribution in [-0.2, 0) is 11.8 Å². The summed E-state index contributed by atoms with van der Waals surface area (Å²) in [6.45, 7) is 6.76. The van der Waals surface area contributed by atoms with Gasteiger partial charge in [0.1, 0.15) is 0 Å². The van der Waals surface area contributed by atoms with Gasteiger partial charge < -0.3 is 0 Å². The Labute approximate surface area is 170 Å². The van der Waals surface area contributed by atoms with E-state index in [0.717, 1.165) is 21.5 Å². The van der Waals surface area contributed by atoms with Gasteiger partial charge in [-0.05, 0) is 45.4 Å². The number of carbonyl (C=O) groups excluding carboxylic acids is 1. The highest BCUT2D eigenvalue weighted by Gasteiger charge is 2.24. The predicted octanol–water partition coefficient (Wildman–Crippen LogP) is 2.56. The van der Waals surface area contributed by atoms with Gasteiger partial charge in [-0.1, -0.05) is 17.7 Å². The molecular formula is C20H20ClN5O3. The van der Waals surface area contributed by atoms with Crippen molar-refractivity contribution in [2.75, 3.05) is 0 Å². The molecule has 3 heterocycles. The Morgan fingerprint density at radius 2 is 1.90 bits per heavy atom. The Balaban J connectivity index is 2.17. The van der Waals surface area contributed by atoms with E-state index in [9.17, 15) is 14.4 Å². The van der Waals surface area contributed by atoms with Gasteiger partial charge in [0.05, 0.1) is 11.7 Å². The largest absolute Gasteiger partial charge is 0.333 e. The molecule has 4 rings (SSSR count). The van der Waals surface area contributed by atoms with Crippen molar-refractivity contribution in [1.29, 1.82) is 0 Å². The highest BCUT2D eigenvalue weighted by Crippen LogP contribution is 2.25. The number of hydrogen-bond donors (Lipinski definition) is 0. The van der Waals surface area contributed by atoms with Gasteiger partial charge in [-0.25, -0.2) is 9.36 Å². The Morgan fingerprint density at radius 1 is 1.21 bits per heavy atom. The molecule has 29 heavy (non-hydrogen) atoms. The number of ketones is 1. The summed E-state index contributed by atoms with van der Waals surface area (Å²) in [6, 6.07) is 4.69. The number of aromatic nitrogens is 5. The zero-order chi connectivity index (χ0) is 21.2. The first kappa shape index (κ1) is 19.2. The van der Waals surface area contributed by atoms with E-state index in [1.165, 1.54) is 11.5 Å². The van der Waals surface area contributed by atoms with Crippen LogP contribution in [0.2, 0.25) is 5.02 Å². The molecule has 0 amide bonds. The summed E-state index contributed by atoms with van der Waals surface area (Å²) in [5.74, 6) is 0.218. The van der Waals surface area contributed by atoms with Gasteiger partial charge in [-0.2, -0.15) is 4.98 Å². The number of aryl methyl sites for hydroxylation is 3. The van der Waals surface area contributed by atoms with E-state index in [1.54, 1.807) is 24.6 Å². The number of benzene rings is 1. The third-order valence-electron chi connectivity index (χ3n) is 5.36. The number of fused-ring (bicyclic) bond motifs is 3.